The van der Waals surface area contributed by atoms with Crippen molar-refractivity contribution in [2.75, 3.05) is 32.9 Å². The normalized spacial score (nSPS) is 21.7. The summed E-state index contributed by atoms with van der Waals surface area (Å²) in [6.45, 7) is 5.90. The second-order valence-electron chi connectivity index (χ2n) is 3.87. The highest BCUT2D eigenvalue weighted by Gasteiger charge is 2.26. The Bertz CT molecular complexity index is 269. The van der Waals surface area contributed by atoms with Gasteiger partial charge in [0.1, 0.15) is 0 Å². The van der Waals surface area contributed by atoms with Crippen LogP contribution in [0.25, 0.3) is 0 Å². The molecular formula is C9H19N2O2S. The second kappa shape index (κ2) is 4.59. The molecule has 1 saturated heterocycles. The number of hydrogen-bond acceptors (Lipinski definition) is 3. The van der Waals surface area contributed by atoms with Crippen molar-refractivity contribution in [2.45, 2.75) is 18.9 Å². The van der Waals surface area contributed by atoms with Crippen LogP contribution in [0.2, 0.25) is 0 Å². The van der Waals surface area contributed by atoms with E-state index in [9.17, 15) is 8.42 Å². The largest absolute Gasteiger partial charge is 0.303 e. The average molecular weight is 219 g/mol. The summed E-state index contributed by atoms with van der Waals surface area (Å²) in [7, 11) is -0.947. The van der Waals surface area contributed by atoms with Crippen molar-refractivity contribution < 1.29 is 8.42 Å². The van der Waals surface area contributed by atoms with Crippen LogP contribution in [0.5, 0.6) is 0 Å². The van der Waals surface area contributed by atoms with Crippen LogP contribution >= 0.6 is 0 Å². The predicted octanol–water partition coefficient (Wildman–Crippen LogP) is 0.176. The first-order valence-electron chi connectivity index (χ1n) is 4.89. The zero-order valence-electron chi connectivity index (χ0n) is 8.94. The van der Waals surface area contributed by atoms with Gasteiger partial charge >= 0.3 is 0 Å². The van der Waals surface area contributed by atoms with Crippen molar-refractivity contribution in [3.63, 3.8) is 0 Å². The van der Waals surface area contributed by atoms with Gasteiger partial charge < -0.3 is 4.90 Å². The van der Waals surface area contributed by atoms with Crippen LogP contribution in [-0.2, 0) is 10.0 Å². The summed E-state index contributed by atoms with van der Waals surface area (Å²) in [5, 5.41) is 0. The van der Waals surface area contributed by atoms with E-state index in [0.717, 1.165) is 19.4 Å². The number of piperidine rings is 1. The highest BCUT2D eigenvalue weighted by atomic mass is 32.2. The number of sulfonamides is 1. The molecule has 0 amide bonds. The molecule has 1 aliphatic heterocycles. The van der Waals surface area contributed by atoms with Crippen molar-refractivity contribution in [1.82, 2.24) is 9.21 Å². The van der Waals surface area contributed by atoms with E-state index in [1.165, 1.54) is 6.26 Å². The van der Waals surface area contributed by atoms with Crippen LogP contribution in [0.4, 0.5) is 0 Å². The molecule has 14 heavy (non-hydrogen) atoms. The molecule has 4 nitrogen and oxygen atoms in total. The Morgan fingerprint density at radius 2 is 1.93 bits per heavy atom. The highest BCUT2D eigenvalue weighted by Crippen LogP contribution is 2.16. The molecule has 1 fully saturated rings. The molecule has 0 atom stereocenters. The molecule has 0 spiro atoms. The Balaban J connectivity index is 2.47. The van der Waals surface area contributed by atoms with Crippen LogP contribution in [-0.4, -0.2) is 56.6 Å². The zero-order valence-corrected chi connectivity index (χ0v) is 9.76. The molecule has 1 rings (SSSR count). The number of rotatable bonds is 3. The summed E-state index contributed by atoms with van der Waals surface area (Å²) in [5.74, 6) is 0. The molecule has 0 unspecified atom stereocenters. The van der Waals surface area contributed by atoms with Gasteiger partial charge in [-0.15, -0.1) is 0 Å². The summed E-state index contributed by atoms with van der Waals surface area (Å²) in [4.78, 5) is 2.18. The van der Waals surface area contributed by atoms with E-state index in [2.05, 4.69) is 11.8 Å². The Hall–Kier alpha value is -0.130. The van der Waals surface area contributed by atoms with Gasteiger partial charge in [-0.3, -0.25) is 0 Å². The SMILES string of the molecule is [CH2]CN(C)C1CCN(S(C)(=O)=O)CC1. The lowest BCUT2D eigenvalue weighted by Crippen LogP contribution is -2.45. The van der Waals surface area contributed by atoms with Gasteiger partial charge in [0.05, 0.1) is 6.26 Å². The summed E-state index contributed by atoms with van der Waals surface area (Å²) in [5.41, 5.74) is 0. The van der Waals surface area contributed by atoms with Gasteiger partial charge in [0.15, 0.2) is 0 Å². The molecule has 0 aromatic carbocycles. The van der Waals surface area contributed by atoms with E-state index >= 15 is 0 Å². The van der Waals surface area contributed by atoms with Crippen LogP contribution in [0.15, 0.2) is 0 Å². The Kier molecular flexibility index (Phi) is 3.92. The van der Waals surface area contributed by atoms with E-state index in [1.54, 1.807) is 4.31 Å². The minimum Gasteiger partial charge on any atom is -0.303 e. The Morgan fingerprint density at radius 3 is 2.29 bits per heavy atom. The molecule has 0 aromatic heterocycles. The molecule has 0 aliphatic carbocycles. The fourth-order valence-corrected chi connectivity index (χ4v) is 2.67. The summed E-state index contributed by atoms with van der Waals surface area (Å²) in [6, 6.07) is 0.491. The third kappa shape index (κ3) is 2.93. The molecule has 0 aromatic rings. The molecular weight excluding hydrogens is 200 g/mol. The van der Waals surface area contributed by atoms with Gasteiger partial charge in [-0.05, 0) is 33.4 Å². The maximum absolute atomic E-state index is 11.2. The fourth-order valence-electron chi connectivity index (χ4n) is 1.80. The van der Waals surface area contributed by atoms with Crippen molar-refractivity contribution in [3.05, 3.63) is 6.92 Å². The van der Waals surface area contributed by atoms with E-state index in [0.29, 0.717) is 19.1 Å². The molecule has 0 bridgehead atoms. The molecule has 0 N–H and O–H groups in total. The first-order chi connectivity index (χ1) is 6.45. The third-order valence-electron chi connectivity index (χ3n) is 2.87. The number of nitrogens with zero attached hydrogens (tertiary/aromatic N) is 2. The molecule has 1 aliphatic rings. The van der Waals surface area contributed by atoms with Crippen molar-refractivity contribution in [1.29, 1.82) is 0 Å². The maximum atomic E-state index is 11.2. The van der Waals surface area contributed by atoms with Crippen LogP contribution in [0, 0.1) is 6.92 Å². The lowest BCUT2D eigenvalue weighted by atomic mass is 10.1. The smallest absolute Gasteiger partial charge is 0.211 e. The number of hydrogen-bond donors (Lipinski definition) is 0. The molecule has 1 radical (unpaired) electrons. The van der Waals surface area contributed by atoms with Gasteiger partial charge in [-0.25, -0.2) is 12.7 Å². The maximum Gasteiger partial charge on any atom is 0.211 e. The zero-order chi connectivity index (χ0) is 10.8. The van der Waals surface area contributed by atoms with E-state index in [4.69, 9.17) is 0 Å². The van der Waals surface area contributed by atoms with Gasteiger partial charge in [0.25, 0.3) is 0 Å². The molecule has 83 valence electrons. The Morgan fingerprint density at radius 1 is 1.43 bits per heavy atom. The van der Waals surface area contributed by atoms with E-state index in [1.807, 2.05) is 7.05 Å². The minimum atomic E-state index is -2.98. The lowest BCUT2D eigenvalue weighted by Gasteiger charge is -2.35. The van der Waals surface area contributed by atoms with E-state index in [-0.39, 0.29) is 0 Å². The van der Waals surface area contributed by atoms with Crippen LogP contribution in [0.1, 0.15) is 12.8 Å². The minimum absolute atomic E-state index is 0.491. The first-order valence-corrected chi connectivity index (χ1v) is 6.74. The summed E-state index contributed by atoms with van der Waals surface area (Å²) < 4.78 is 24.0. The van der Waals surface area contributed by atoms with E-state index < -0.39 is 10.0 Å². The predicted molar refractivity (Wildman–Crippen MR) is 57.4 cm³/mol. The Labute approximate surface area is 86.9 Å². The quantitative estimate of drug-likeness (QED) is 0.680. The van der Waals surface area contributed by atoms with Crippen molar-refractivity contribution >= 4 is 10.0 Å². The molecule has 1 heterocycles. The van der Waals surface area contributed by atoms with Gasteiger partial charge in [0, 0.05) is 19.1 Å². The summed E-state index contributed by atoms with van der Waals surface area (Å²) in [6.07, 6.45) is 3.11. The fraction of sp³-hybridized carbons (Fsp3) is 0.889. The monoisotopic (exact) mass is 219 g/mol. The first kappa shape index (κ1) is 11.9. The van der Waals surface area contributed by atoms with Gasteiger partial charge in [0.2, 0.25) is 10.0 Å². The summed E-state index contributed by atoms with van der Waals surface area (Å²) >= 11 is 0. The average Bonchev–Trinajstić information content (AvgIpc) is 2.15. The van der Waals surface area contributed by atoms with Crippen molar-refractivity contribution in [3.8, 4) is 0 Å². The third-order valence-corrected chi connectivity index (χ3v) is 4.17. The van der Waals surface area contributed by atoms with Crippen LogP contribution < -0.4 is 0 Å². The highest BCUT2D eigenvalue weighted by molar-refractivity contribution is 7.88. The van der Waals surface area contributed by atoms with Gasteiger partial charge in [-0.2, -0.15) is 0 Å². The van der Waals surface area contributed by atoms with Crippen molar-refractivity contribution in [2.24, 2.45) is 0 Å². The molecule has 5 heteroatoms. The second-order valence-corrected chi connectivity index (χ2v) is 5.86. The standard InChI is InChI=1S/C9H19N2O2S/c1-4-10(2)9-5-7-11(8-6-9)14(3,12)13/h9H,1,4-8H2,2-3H3. The lowest BCUT2D eigenvalue weighted by molar-refractivity contribution is 0.181. The topological polar surface area (TPSA) is 40.6 Å². The van der Waals surface area contributed by atoms with Crippen LogP contribution in [0.3, 0.4) is 0 Å². The van der Waals surface area contributed by atoms with Gasteiger partial charge in [-0.1, -0.05) is 0 Å². The molecule has 0 saturated carbocycles.